The molecule has 0 unspecified atom stereocenters. The summed E-state index contributed by atoms with van der Waals surface area (Å²) in [6, 6.07) is 16.1. The summed E-state index contributed by atoms with van der Waals surface area (Å²) in [4.78, 5) is 12.9. The first-order valence-corrected chi connectivity index (χ1v) is 12.6. The maximum atomic E-state index is 13.7. The van der Waals surface area contributed by atoms with E-state index in [2.05, 4.69) is 9.69 Å². The van der Waals surface area contributed by atoms with E-state index in [1.54, 1.807) is 42.6 Å². The van der Waals surface area contributed by atoms with E-state index in [1.807, 2.05) is 6.07 Å². The largest absolute Gasteiger partial charge is 0.497 e. The Morgan fingerprint density at radius 2 is 1.69 bits per heavy atom. The monoisotopic (exact) mass is 513 g/mol. The third kappa shape index (κ3) is 5.15. The molecule has 0 saturated heterocycles. The summed E-state index contributed by atoms with van der Waals surface area (Å²) in [5, 5.41) is 3.66. The molecule has 9 nitrogen and oxygen atoms in total. The van der Waals surface area contributed by atoms with Gasteiger partial charge < -0.3 is 19.5 Å². The fourth-order valence-electron chi connectivity index (χ4n) is 3.45. The summed E-state index contributed by atoms with van der Waals surface area (Å²) in [7, 11) is 0.239. The van der Waals surface area contributed by atoms with E-state index in [4.69, 9.17) is 14.2 Å². The Balaban J connectivity index is 1.68. The van der Waals surface area contributed by atoms with Gasteiger partial charge in [-0.25, -0.2) is 8.42 Å². The molecule has 0 aliphatic carbocycles. The van der Waals surface area contributed by atoms with Crippen LogP contribution in [-0.4, -0.2) is 46.6 Å². The molecule has 1 amide bonds. The van der Waals surface area contributed by atoms with Gasteiger partial charge in [-0.2, -0.15) is 4.37 Å². The van der Waals surface area contributed by atoms with Gasteiger partial charge in [0.1, 0.15) is 12.3 Å². The summed E-state index contributed by atoms with van der Waals surface area (Å²) >= 11 is 1.35. The standard InChI is InChI=1S/C24H23N3O6S2/c1-31-19-7-5-18(6-8-19)27(35(29,30)20-9-10-21(32-2)22(13-20)33-3)15-24(28)26-17-4-11-23-16(12-17)14-25-34-23/h4-14H,15H2,1-3H3,(H,26,28). The number of nitrogens with zero attached hydrogens (tertiary/aromatic N) is 2. The van der Waals surface area contributed by atoms with E-state index in [9.17, 15) is 13.2 Å². The zero-order chi connectivity index (χ0) is 25.0. The number of sulfonamides is 1. The molecule has 0 radical (unpaired) electrons. The van der Waals surface area contributed by atoms with Crippen LogP contribution >= 0.6 is 11.5 Å². The highest BCUT2D eigenvalue weighted by Crippen LogP contribution is 2.32. The summed E-state index contributed by atoms with van der Waals surface area (Å²) in [6.07, 6.45) is 1.71. The Morgan fingerprint density at radius 1 is 0.943 bits per heavy atom. The molecule has 3 aromatic carbocycles. The molecule has 1 heterocycles. The van der Waals surface area contributed by atoms with Gasteiger partial charge >= 0.3 is 0 Å². The Kier molecular flexibility index (Phi) is 7.08. The minimum atomic E-state index is -4.16. The first-order chi connectivity index (χ1) is 16.8. The molecule has 4 rings (SSSR count). The molecule has 4 aromatic rings. The molecule has 1 aromatic heterocycles. The van der Waals surface area contributed by atoms with E-state index < -0.39 is 22.5 Å². The van der Waals surface area contributed by atoms with Gasteiger partial charge in [0, 0.05) is 23.3 Å². The molecule has 11 heteroatoms. The van der Waals surface area contributed by atoms with Gasteiger partial charge in [0.15, 0.2) is 11.5 Å². The fourth-order valence-corrected chi connectivity index (χ4v) is 5.51. The Labute approximate surface area is 207 Å². The molecule has 1 N–H and O–H groups in total. The number of aromatic nitrogens is 1. The smallest absolute Gasteiger partial charge is 0.264 e. The maximum Gasteiger partial charge on any atom is 0.264 e. The number of amides is 1. The average molecular weight is 514 g/mol. The molecular weight excluding hydrogens is 490 g/mol. The second-order valence-electron chi connectivity index (χ2n) is 7.35. The highest BCUT2D eigenvalue weighted by Gasteiger charge is 2.28. The molecule has 182 valence electrons. The van der Waals surface area contributed by atoms with E-state index in [0.717, 1.165) is 14.4 Å². The molecule has 0 aliphatic rings. The summed E-state index contributed by atoms with van der Waals surface area (Å²) in [5.74, 6) is 0.690. The van der Waals surface area contributed by atoms with Crippen molar-refractivity contribution >= 4 is 48.9 Å². The van der Waals surface area contributed by atoms with Crippen LogP contribution in [-0.2, 0) is 14.8 Å². The first kappa shape index (κ1) is 24.3. The zero-order valence-electron chi connectivity index (χ0n) is 19.2. The minimum absolute atomic E-state index is 0.0514. The number of nitrogens with one attached hydrogen (secondary N) is 1. The van der Waals surface area contributed by atoms with Crippen LogP contribution in [0.1, 0.15) is 0 Å². The topological polar surface area (TPSA) is 107 Å². The van der Waals surface area contributed by atoms with Crippen molar-refractivity contribution in [2.45, 2.75) is 4.90 Å². The van der Waals surface area contributed by atoms with Crippen LogP contribution in [0.4, 0.5) is 11.4 Å². The van der Waals surface area contributed by atoms with Gasteiger partial charge in [0.2, 0.25) is 5.91 Å². The Morgan fingerprint density at radius 3 is 2.37 bits per heavy atom. The lowest BCUT2D eigenvalue weighted by atomic mass is 10.2. The highest BCUT2D eigenvalue weighted by molar-refractivity contribution is 7.92. The molecule has 0 aliphatic heterocycles. The lowest BCUT2D eigenvalue weighted by molar-refractivity contribution is -0.114. The number of benzene rings is 3. The van der Waals surface area contributed by atoms with E-state index in [-0.39, 0.29) is 10.6 Å². The lowest BCUT2D eigenvalue weighted by Crippen LogP contribution is -2.38. The predicted molar refractivity (Wildman–Crippen MR) is 135 cm³/mol. The summed E-state index contributed by atoms with van der Waals surface area (Å²) in [5.41, 5.74) is 0.842. The zero-order valence-corrected chi connectivity index (χ0v) is 20.9. The van der Waals surface area contributed by atoms with Crippen molar-refractivity contribution in [1.82, 2.24) is 4.37 Å². The number of rotatable bonds is 9. The number of ether oxygens (including phenoxy) is 3. The highest BCUT2D eigenvalue weighted by atomic mass is 32.2. The quantitative estimate of drug-likeness (QED) is 0.358. The van der Waals surface area contributed by atoms with Gasteiger partial charge in [0.25, 0.3) is 10.0 Å². The number of carbonyl (C=O) groups is 1. The third-order valence-electron chi connectivity index (χ3n) is 5.23. The molecule has 0 bridgehead atoms. The van der Waals surface area contributed by atoms with Crippen molar-refractivity contribution in [3.05, 3.63) is 66.9 Å². The number of anilines is 2. The van der Waals surface area contributed by atoms with Crippen LogP contribution in [0.2, 0.25) is 0 Å². The molecule has 0 fully saturated rings. The predicted octanol–water partition coefficient (Wildman–Crippen LogP) is 4.16. The van der Waals surface area contributed by atoms with Crippen molar-refractivity contribution in [1.29, 1.82) is 0 Å². The molecular formula is C24H23N3O6S2. The van der Waals surface area contributed by atoms with Crippen molar-refractivity contribution in [3.8, 4) is 17.2 Å². The van der Waals surface area contributed by atoms with Crippen LogP contribution in [0.3, 0.4) is 0 Å². The van der Waals surface area contributed by atoms with E-state index in [1.165, 1.54) is 51.1 Å². The van der Waals surface area contributed by atoms with Gasteiger partial charge in [0.05, 0.1) is 36.6 Å². The molecule has 0 atom stereocenters. The van der Waals surface area contributed by atoms with Crippen molar-refractivity contribution in [2.75, 3.05) is 37.5 Å². The van der Waals surface area contributed by atoms with Crippen LogP contribution in [0, 0.1) is 0 Å². The van der Waals surface area contributed by atoms with Gasteiger partial charge in [-0.3, -0.25) is 9.10 Å². The molecule has 35 heavy (non-hydrogen) atoms. The van der Waals surface area contributed by atoms with Crippen LogP contribution in [0.5, 0.6) is 17.2 Å². The second-order valence-corrected chi connectivity index (χ2v) is 10.0. The number of methoxy groups -OCH3 is 3. The normalized spacial score (nSPS) is 11.2. The number of fused-ring (bicyclic) bond motifs is 1. The Hall–Kier alpha value is -3.83. The minimum Gasteiger partial charge on any atom is -0.497 e. The van der Waals surface area contributed by atoms with Crippen molar-refractivity contribution in [3.63, 3.8) is 0 Å². The summed E-state index contributed by atoms with van der Waals surface area (Å²) in [6.45, 7) is -0.455. The fraction of sp³-hybridized carbons (Fsp3) is 0.167. The van der Waals surface area contributed by atoms with Crippen LogP contribution in [0.25, 0.3) is 10.1 Å². The van der Waals surface area contributed by atoms with Gasteiger partial charge in [-0.1, -0.05) is 0 Å². The van der Waals surface area contributed by atoms with E-state index in [0.29, 0.717) is 22.9 Å². The summed E-state index contributed by atoms with van der Waals surface area (Å²) < 4.78 is 49.2. The molecule has 0 saturated carbocycles. The molecule has 0 spiro atoms. The van der Waals surface area contributed by atoms with Crippen LogP contribution in [0.15, 0.2) is 71.8 Å². The SMILES string of the molecule is COc1ccc(N(CC(=O)Nc2ccc3sncc3c2)S(=O)(=O)c2ccc(OC)c(OC)c2)cc1. The lowest BCUT2D eigenvalue weighted by Gasteiger charge is -2.24. The van der Waals surface area contributed by atoms with Crippen molar-refractivity contribution < 1.29 is 27.4 Å². The number of carbonyl (C=O) groups excluding carboxylic acids is 1. The second kappa shape index (κ2) is 10.2. The first-order valence-electron chi connectivity index (χ1n) is 10.4. The van der Waals surface area contributed by atoms with Gasteiger partial charge in [-0.05, 0) is 66.1 Å². The Bertz CT molecular complexity index is 1450. The van der Waals surface area contributed by atoms with Crippen molar-refractivity contribution in [2.24, 2.45) is 0 Å². The third-order valence-corrected chi connectivity index (χ3v) is 7.78. The van der Waals surface area contributed by atoms with E-state index >= 15 is 0 Å². The average Bonchev–Trinajstić information content (AvgIpc) is 3.34. The number of hydrogen-bond donors (Lipinski definition) is 1. The maximum absolute atomic E-state index is 13.7. The number of hydrogen-bond acceptors (Lipinski definition) is 8. The van der Waals surface area contributed by atoms with Crippen LogP contribution < -0.4 is 23.8 Å². The van der Waals surface area contributed by atoms with Gasteiger partial charge in [-0.15, -0.1) is 0 Å².